The molecule has 0 saturated heterocycles. The average molecular weight is 330 g/mol. The molecule has 3 aromatic rings. The van der Waals surface area contributed by atoms with Crippen LogP contribution in [0.15, 0.2) is 76.7 Å². The molecular weight excluding hydrogens is 314 g/mol. The molecule has 0 spiro atoms. The number of nitrogens with zero attached hydrogens (tertiary/aromatic N) is 1. The molecule has 0 aliphatic rings. The fourth-order valence-corrected chi connectivity index (χ4v) is 3.74. The highest BCUT2D eigenvalue weighted by Gasteiger charge is 2.15. The van der Waals surface area contributed by atoms with Crippen LogP contribution in [0.1, 0.15) is 11.1 Å². The number of rotatable bonds is 4. The zero-order valence-electron chi connectivity index (χ0n) is 12.2. The van der Waals surface area contributed by atoms with Gasteiger partial charge in [-0.25, -0.2) is 4.21 Å². The Kier molecular flexibility index (Phi) is 4.46. The van der Waals surface area contributed by atoms with Crippen LogP contribution in [0, 0.1) is 6.92 Å². The van der Waals surface area contributed by atoms with E-state index in [0.29, 0.717) is 16.6 Å². The molecule has 1 aromatic heterocycles. The van der Waals surface area contributed by atoms with Crippen LogP contribution in [0.4, 0.5) is 0 Å². The minimum atomic E-state index is -1.26. The number of aromatic nitrogens is 1. The average Bonchev–Trinajstić information content (AvgIpc) is 2.89. The first-order chi connectivity index (χ1) is 10.6. The van der Waals surface area contributed by atoms with Gasteiger partial charge in [-0.2, -0.15) is 0 Å². The molecule has 1 atom stereocenters. The van der Waals surface area contributed by atoms with E-state index in [-0.39, 0.29) is 0 Å². The summed E-state index contributed by atoms with van der Waals surface area (Å²) in [7, 11) is -1.26. The highest BCUT2D eigenvalue weighted by atomic mass is 35.5. The van der Waals surface area contributed by atoms with E-state index >= 15 is 0 Å². The van der Waals surface area contributed by atoms with Gasteiger partial charge in [0, 0.05) is 17.6 Å². The molecule has 0 N–H and O–H groups in total. The summed E-state index contributed by atoms with van der Waals surface area (Å²) in [6.45, 7) is 2.68. The van der Waals surface area contributed by atoms with E-state index in [1.165, 1.54) is 0 Å². The molecule has 0 radical (unpaired) electrons. The number of hydrogen-bond acceptors (Lipinski definition) is 1. The largest absolute Gasteiger partial charge is 0.333 e. The van der Waals surface area contributed by atoms with E-state index in [1.54, 1.807) is 0 Å². The third-order valence-electron chi connectivity index (χ3n) is 3.49. The lowest BCUT2D eigenvalue weighted by Crippen LogP contribution is -1.99. The Bertz CT molecular complexity index is 794. The van der Waals surface area contributed by atoms with Gasteiger partial charge >= 0.3 is 0 Å². The predicted octanol–water partition coefficient (Wildman–Crippen LogP) is 4.66. The summed E-state index contributed by atoms with van der Waals surface area (Å²) in [5.41, 5.74) is 2.31. The molecule has 22 heavy (non-hydrogen) atoms. The summed E-state index contributed by atoms with van der Waals surface area (Å²) < 4.78 is 14.6. The Hall–Kier alpha value is -1.84. The SMILES string of the molecule is Cc1ccc(S(=O)c2ccn(Cc3ccccc3)c2Cl)cc1. The van der Waals surface area contributed by atoms with Crippen molar-refractivity contribution in [3.8, 4) is 0 Å². The molecular formula is C18H16ClNOS. The highest BCUT2D eigenvalue weighted by Crippen LogP contribution is 2.26. The van der Waals surface area contributed by atoms with Crippen molar-refractivity contribution in [2.75, 3.05) is 0 Å². The topological polar surface area (TPSA) is 22.0 Å². The van der Waals surface area contributed by atoms with Crippen molar-refractivity contribution in [2.24, 2.45) is 0 Å². The van der Waals surface area contributed by atoms with E-state index in [9.17, 15) is 4.21 Å². The minimum Gasteiger partial charge on any atom is -0.333 e. The first-order valence-corrected chi connectivity index (χ1v) is 8.55. The maximum Gasteiger partial charge on any atom is 0.125 e. The molecule has 0 saturated carbocycles. The fourth-order valence-electron chi connectivity index (χ4n) is 2.26. The van der Waals surface area contributed by atoms with Gasteiger partial charge in [0.1, 0.15) is 5.15 Å². The van der Waals surface area contributed by atoms with Crippen molar-refractivity contribution in [1.82, 2.24) is 4.57 Å². The molecule has 0 aliphatic heterocycles. The summed E-state index contributed by atoms with van der Waals surface area (Å²) in [5, 5.41) is 0.530. The lowest BCUT2D eigenvalue weighted by molar-refractivity contribution is 0.682. The van der Waals surface area contributed by atoms with E-state index < -0.39 is 10.8 Å². The standard InChI is InChI=1S/C18H16ClNOS/c1-14-7-9-16(10-8-14)22(21)17-11-12-20(18(17)19)13-15-5-3-2-4-6-15/h2-12H,13H2,1H3. The Balaban J connectivity index is 1.87. The lowest BCUT2D eigenvalue weighted by atomic mass is 10.2. The first kappa shape index (κ1) is 15.1. The maximum absolute atomic E-state index is 12.7. The van der Waals surface area contributed by atoms with Crippen LogP contribution in [-0.4, -0.2) is 8.78 Å². The van der Waals surface area contributed by atoms with Crippen molar-refractivity contribution in [3.63, 3.8) is 0 Å². The normalized spacial score (nSPS) is 12.3. The summed E-state index contributed by atoms with van der Waals surface area (Å²) in [6, 6.07) is 19.6. The number of benzene rings is 2. The summed E-state index contributed by atoms with van der Waals surface area (Å²) in [5.74, 6) is 0. The zero-order chi connectivity index (χ0) is 15.5. The van der Waals surface area contributed by atoms with E-state index in [0.717, 1.165) is 16.0 Å². The van der Waals surface area contributed by atoms with Gasteiger partial charge in [0.15, 0.2) is 0 Å². The third-order valence-corrected chi connectivity index (χ3v) is 5.45. The van der Waals surface area contributed by atoms with Crippen LogP contribution < -0.4 is 0 Å². The second kappa shape index (κ2) is 6.51. The van der Waals surface area contributed by atoms with E-state index in [2.05, 4.69) is 0 Å². The molecule has 0 fully saturated rings. The van der Waals surface area contributed by atoms with Gasteiger partial charge in [-0.15, -0.1) is 0 Å². The molecule has 4 heteroatoms. The molecule has 0 amide bonds. The highest BCUT2D eigenvalue weighted by molar-refractivity contribution is 7.85. The number of aryl methyl sites for hydroxylation is 1. The van der Waals surface area contributed by atoms with Crippen LogP contribution in [0.25, 0.3) is 0 Å². The summed E-state index contributed by atoms with van der Waals surface area (Å²) in [4.78, 5) is 1.42. The molecule has 3 rings (SSSR count). The Labute approximate surface area is 137 Å². The fraction of sp³-hybridized carbons (Fsp3) is 0.111. The molecule has 2 aromatic carbocycles. The maximum atomic E-state index is 12.7. The van der Waals surface area contributed by atoms with Crippen LogP contribution >= 0.6 is 11.6 Å². The van der Waals surface area contributed by atoms with Crippen LogP contribution in [-0.2, 0) is 17.3 Å². The van der Waals surface area contributed by atoms with Gasteiger partial charge < -0.3 is 4.57 Å². The summed E-state index contributed by atoms with van der Waals surface area (Å²) in [6.07, 6.45) is 1.89. The third kappa shape index (κ3) is 3.16. The Morgan fingerprint density at radius 2 is 1.68 bits per heavy atom. The lowest BCUT2D eigenvalue weighted by Gasteiger charge is -2.06. The van der Waals surface area contributed by atoms with Gasteiger partial charge in [0.2, 0.25) is 0 Å². The molecule has 1 unspecified atom stereocenters. The summed E-state index contributed by atoms with van der Waals surface area (Å²) >= 11 is 6.42. The Morgan fingerprint density at radius 3 is 2.36 bits per heavy atom. The minimum absolute atomic E-state index is 0.530. The molecule has 0 bridgehead atoms. The smallest absolute Gasteiger partial charge is 0.125 e. The van der Waals surface area contributed by atoms with Gasteiger partial charge in [-0.05, 0) is 30.7 Å². The molecule has 0 aliphatic carbocycles. The second-order valence-electron chi connectivity index (χ2n) is 5.17. The first-order valence-electron chi connectivity index (χ1n) is 7.02. The monoisotopic (exact) mass is 329 g/mol. The van der Waals surface area contributed by atoms with Crippen LogP contribution in [0.3, 0.4) is 0 Å². The number of halogens is 1. The van der Waals surface area contributed by atoms with Crippen molar-refractivity contribution < 1.29 is 4.21 Å². The van der Waals surface area contributed by atoms with Gasteiger partial charge in [0.25, 0.3) is 0 Å². The van der Waals surface area contributed by atoms with Crippen molar-refractivity contribution in [3.05, 3.63) is 83.1 Å². The van der Waals surface area contributed by atoms with Gasteiger partial charge in [0.05, 0.1) is 15.7 Å². The van der Waals surface area contributed by atoms with Crippen molar-refractivity contribution in [2.45, 2.75) is 23.3 Å². The number of hydrogen-bond donors (Lipinski definition) is 0. The molecule has 1 heterocycles. The molecule has 112 valence electrons. The van der Waals surface area contributed by atoms with Crippen molar-refractivity contribution in [1.29, 1.82) is 0 Å². The van der Waals surface area contributed by atoms with Crippen LogP contribution in [0.2, 0.25) is 5.15 Å². The van der Waals surface area contributed by atoms with Gasteiger partial charge in [-0.3, -0.25) is 0 Å². The predicted molar refractivity (Wildman–Crippen MR) is 90.8 cm³/mol. The quantitative estimate of drug-likeness (QED) is 0.682. The second-order valence-corrected chi connectivity index (χ2v) is 6.97. The Morgan fingerprint density at radius 1 is 1.00 bits per heavy atom. The van der Waals surface area contributed by atoms with Crippen molar-refractivity contribution >= 4 is 22.4 Å². The molecule has 2 nitrogen and oxygen atoms in total. The van der Waals surface area contributed by atoms with E-state index in [4.69, 9.17) is 11.6 Å². The zero-order valence-corrected chi connectivity index (χ0v) is 13.8. The van der Waals surface area contributed by atoms with Gasteiger partial charge in [-0.1, -0.05) is 59.6 Å². The van der Waals surface area contributed by atoms with E-state index in [1.807, 2.05) is 78.4 Å². The van der Waals surface area contributed by atoms with Crippen LogP contribution in [0.5, 0.6) is 0 Å².